The van der Waals surface area contributed by atoms with E-state index in [2.05, 4.69) is 10.2 Å². The summed E-state index contributed by atoms with van der Waals surface area (Å²) < 4.78 is 65.4. The summed E-state index contributed by atoms with van der Waals surface area (Å²) >= 11 is 0. The molecule has 0 bridgehead atoms. The maximum absolute atomic E-state index is 13.1. The third kappa shape index (κ3) is 2.95. The van der Waals surface area contributed by atoms with E-state index < -0.39 is 26.7 Å². The van der Waals surface area contributed by atoms with E-state index >= 15 is 0 Å². The average molecular weight is 346 g/mol. The van der Waals surface area contributed by atoms with Gasteiger partial charge in [-0.25, -0.2) is 8.42 Å². The van der Waals surface area contributed by atoms with E-state index in [1.165, 1.54) is 29.3 Å². The van der Waals surface area contributed by atoms with Gasteiger partial charge in [0.25, 0.3) is 0 Å². The van der Waals surface area contributed by atoms with Crippen molar-refractivity contribution in [2.75, 3.05) is 13.1 Å². The van der Waals surface area contributed by atoms with Gasteiger partial charge in [-0.1, -0.05) is 12.1 Å². The number of rotatable bonds is 3. The van der Waals surface area contributed by atoms with E-state index in [4.69, 9.17) is 0 Å². The fourth-order valence-corrected chi connectivity index (χ4v) is 4.30. The molecule has 124 valence electrons. The Morgan fingerprint density at radius 3 is 2.43 bits per heavy atom. The smallest absolute Gasteiger partial charge is 0.207 e. The molecule has 0 unspecified atom stereocenters. The Labute approximate surface area is 130 Å². The highest BCUT2D eigenvalue weighted by Crippen LogP contribution is 2.36. The molecule has 0 saturated carbocycles. The van der Waals surface area contributed by atoms with Crippen molar-refractivity contribution in [1.82, 2.24) is 19.3 Å². The highest BCUT2D eigenvalue weighted by atomic mass is 32.2. The summed E-state index contributed by atoms with van der Waals surface area (Å²) in [6.07, 6.45) is -1.35. The van der Waals surface area contributed by atoms with Gasteiger partial charge in [-0.05, 0) is 18.6 Å². The van der Waals surface area contributed by atoms with Crippen LogP contribution in [-0.2, 0) is 16.2 Å². The van der Waals surface area contributed by atoms with Crippen LogP contribution in [0.2, 0.25) is 0 Å². The molecule has 0 aliphatic carbocycles. The summed E-state index contributed by atoms with van der Waals surface area (Å²) in [5.74, 6) is 0. The Morgan fingerprint density at radius 1 is 1.13 bits per heavy atom. The second-order valence-electron chi connectivity index (χ2n) is 5.15. The molecule has 0 N–H and O–H groups in total. The first kappa shape index (κ1) is 15.9. The van der Waals surface area contributed by atoms with Crippen molar-refractivity contribution in [2.24, 2.45) is 0 Å². The lowest BCUT2D eigenvalue weighted by Crippen LogP contribution is -2.31. The molecular weight excluding hydrogens is 333 g/mol. The summed E-state index contributed by atoms with van der Waals surface area (Å²) in [7, 11) is -4.23. The normalized spacial score (nSPS) is 20.0. The number of benzene rings is 1. The predicted molar refractivity (Wildman–Crippen MR) is 73.9 cm³/mol. The highest BCUT2D eigenvalue weighted by Gasteiger charge is 2.41. The molecule has 1 aliphatic rings. The van der Waals surface area contributed by atoms with Crippen LogP contribution in [0.15, 0.2) is 41.6 Å². The lowest BCUT2D eigenvalue weighted by atomic mass is 10.2. The molecule has 0 spiro atoms. The van der Waals surface area contributed by atoms with E-state index in [9.17, 15) is 21.6 Å². The largest absolute Gasteiger partial charge is 0.417 e. The second kappa shape index (κ2) is 5.60. The predicted octanol–water partition coefficient (Wildman–Crippen LogP) is 1.93. The van der Waals surface area contributed by atoms with Gasteiger partial charge in [-0.2, -0.15) is 32.5 Å². The van der Waals surface area contributed by atoms with Crippen LogP contribution in [0.4, 0.5) is 13.2 Å². The summed E-state index contributed by atoms with van der Waals surface area (Å²) in [5.41, 5.74) is -1.15. The molecule has 1 atom stereocenters. The second-order valence-corrected chi connectivity index (χ2v) is 7.06. The van der Waals surface area contributed by atoms with Crippen molar-refractivity contribution in [3.63, 3.8) is 0 Å². The number of hydrogen-bond donors (Lipinski definition) is 0. The Balaban J connectivity index is 1.92. The number of nitrogens with zero attached hydrogens (tertiary/aromatic N) is 4. The Bertz CT molecular complexity index is 790. The van der Waals surface area contributed by atoms with Crippen LogP contribution in [-0.4, -0.2) is 40.8 Å². The molecule has 6 nitrogen and oxygen atoms in total. The van der Waals surface area contributed by atoms with Gasteiger partial charge < -0.3 is 0 Å². The zero-order chi connectivity index (χ0) is 16.7. The molecule has 1 fully saturated rings. The molecular formula is C13H13F3N4O2S. The molecule has 1 saturated heterocycles. The zero-order valence-corrected chi connectivity index (χ0v) is 12.6. The van der Waals surface area contributed by atoms with Gasteiger partial charge in [-0.15, -0.1) is 0 Å². The van der Waals surface area contributed by atoms with Crippen LogP contribution in [0.3, 0.4) is 0 Å². The number of halogens is 3. The Hall–Kier alpha value is -1.94. The van der Waals surface area contributed by atoms with E-state index in [0.29, 0.717) is 6.42 Å². The van der Waals surface area contributed by atoms with Crippen molar-refractivity contribution in [2.45, 2.75) is 23.5 Å². The maximum Gasteiger partial charge on any atom is 0.417 e. The molecule has 1 aromatic carbocycles. The Kier molecular flexibility index (Phi) is 3.88. The number of sulfonamides is 1. The third-order valence-corrected chi connectivity index (χ3v) is 5.62. The fourth-order valence-electron chi connectivity index (χ4n) is 2.60. The van der Waals surface area contributed by atoms with Gasteiger partial charge in [0, 0.05) is 13.1 Å². The minimum Gasteiger partial charge on any atom is -0.207 e. The standard InChI is InChI=1S/C13H13F3N4O2S/c14-13(15,16)11-3-1-2-4-12(11)23(21,22)19-8-5-10(9-19)20-17-6-7-18-20/h1-4,6-7,10H,5,8-9H2/t10-/m1/s1. The lowest BCUT2D eigenvalue weighted by molar-refractivity contribution is -0.139. The van der Waals surface area contributed by atoms with Gasteiger partial charge in [0.05, 0.1) is 28.9 Å². The van der Waals surface area contributed by atoms with Crippen LogP contribution >= 0.6 is 0 Å². The zero-order valence-electron chi connectivity index (χ0n) is 11.8. The van der Waals surface area contributed by atoms with Gasteiger partial charge in [-0.3, -0.25) is 0 Å². The number of alkyl halides is 3. The quantitative estimate of drug-likeness (QED) is 0.852. The summed E-state index contributed by atoms with van der Waals surface area (Å²) in [6.45, 7) is 0.171. The first-order valence-corrected chi connectivity index (χ1v) is 8.26. The molecule has 1 aliphatic heterocycles. The summed E-state index contributed by atoms with van der Waals surface area (Å²) in [5, 5.41) is 7.90. The first-order chi connectivity index (χ1) is 10.8. The molecule has 23 heavy (non-hydrogen) atoms. The van der Waals surface area contributed by atoms with Crippen molar-refractivity contribution in [1.29, 1.82) is 0 Å². The van der Waals surface area contributed by atoms with Crippen molar-refractivity contribution in [3.05, 3.63) is 42.2 Å². The first-order valence-electron chi connectivity index (χ1n) is 6.82. The topological polar surface area (TPSA) is 68.1 Å². The number of aromatic nitrogens is 3. The monoisotopic (exact) mass is 346 g/mol. The van der Waals surface area contributed by atoms with Crippen LogP contribution < -0.4 is 0 Å². The maximum atomic E-state index is 13.1. The molecule has 0 amide bonds. The Morgan fingerprint density at radius 2 is 1.78 bits per heavy atom. The molecule has 1 aromatic heterocycles. The van der Waals surface area contributed by atoms with E-state index in [0.717, 1.165) is 16.4 Å². The average Bonchev–Trinajstić information content (AvgIpc) is 3.17. The van der Waals surface area contributed by atoms with Crippen LogP contribution in [0.25, 0.3) is 0 Å². The van der Waals surface area contributed by atoms with E-state index in [-0.39, 0.29) is 19.1 Å². The summed E-state index contributed by atoms with van der Waals surface area (Å²) in [4.78, 5) is 0.659. The molecule has 2 heterocycles. The van der Waals surface area contributed by atoms with Crippen molar-refractivity contribution >= 4 is 10.0 Å². The number of hydrogen-bond acceptors (Lipinski definition) is 4. The van der Waals surface area contributed by atoms with Crippen LogP contribution in [0.1, 0.15) is 18.0 Å². The summed E-state index contributed by atoms with van der Waals surface area (Å²) in [6, 6.07) is 3.93. The molecule has 10 heteroatoms. The molecule has 2 aromatic rings. The van der Waals surface area contributed by atoms with E-state index in [1.54, 1.807) is 0 Å². The molecule has 0 radical (unpaired) electrons. The van der Waals surface area contributed by atoms with Crippen LogP contribution in [0.5, 0.6) is 0 Å². The fraction of sp³-hybridized carbons (Fsp3) is 0.385. The minimum absolute atomic E-state index is 0.0448. The van der Waals surface area contributed by atoms with Gasteiger partial charge in [0.1, 0.15) is 0 Å². The van der Waals surface area contributed by atoms with Gasteiger partial charge in [0.2, 0.25) is 10.0 Å². The van der Waals surface area contributed by atoms with Gasteiger partial charge >= 0.3 is 6.18 Å². The SMILES string of the molecule is O=S(=O)(c1ccccc1C(F)(F)F)N1CC[C@@H](n2nccn2)C1. The van der Waals surface area contributed by atoms with Crippen molar-refractivity contribution < 1.29 is 21.6 Å². The van der Waals surface area contributed by atoms with Crippen molar-refractivity contribution in [3.8, 4) is 0 Å². The van der Waals surface area contributed by atoms with E-state index in [1.807, 2.05) is 0 Å². The minimum atomic E-state index is -4.73. The van der Waals surface area contributed by atoms with Gasteiger partial charge in [0.15, 0.2) is 0 Å². The highest BCUT2D eigenvalue weighted by molar-refractivity contribution is 7.89. The lowest BCUT2D eigenvalue weighted by Gasteiger charge is -2.19. The van der Waals surface area contributed by atoms with Crippen LogP contribution in [0, 0.1) is 0 Å². The molecule has 3 rings (SSSR count). The third-order valence-electron chi connectivity index (χ3n) is 3.70.